The van der Waals surface area contributed by atoms with Crippen molar-refractivity contribution in [1.29, 1.82) is 0 Å². The Labute approximate surface area is 339 Å². The molecule has 3 aliphatic rings. The lowest BCUT2D eigenvalue weighted by molar-refractivity contribution is 0.477. The van der Waals surface area contributed by atoms with Crippen LogP contribution < -0.4 is 9.64 Å². The van der Waals surface area contributed by atoms with Crippen LogP contribution in [0.25, 0.3) is 66.1 Å². The van der Waals surface area contributed by atoms with Crippen molar-refractivity contribution in [2.75, 3.05) is 4.90 Å². The fourth-order valence-corrected chi connectivity index (χ4v) is 10.7. The summed E-state index contributed by atoms with van der Waals surface area (Å²) in [6.45, 7) is 9.48. The fraction of sp³-hybridized carbons (Fsp3) is 0.107. The van der Waals surface area contributed by atoms with Crippen molar-refractivity contribution in [3.05, 3.63) is 198 Å². The zero-order chi connectivity index (χ0) is 38.9. The maximum absolute atomic E-state index is 6.56. The molecule has 1 aliphatic heterocycles. The zero-order valence-electron chi connectivity index (χ0n) is 33.1. The highest BCUT2D eigenvalue weighted by molar-refractivity contribution is 6.24. The summed E-state index contributed by atoms with van der Waals surface area (Å²) in [5.74, 6) is 1.70. The molecule has 0 atom stereocenters. The van der Waals surface area contributed by atoms with Gasteiger partial charge in [0.15, 0.2) is 11.5 Å². The van der Waals surface area contributed by atoms with E-state index < -0.39 is 0 Å². The van der Waals surface area contributed by atoms with Gasteiger partial charge in [0.25, 0.3) is 0 Å². The Hall–Kier alpha value is -6.90. The summed E-state index contributed by atoms with van der Waals surface area (Å²) in [5, 5.41) is 4.85. The van der Waals surface area contributed by atoms with Crippen molar-refractivity contribution < 1.29 is 4.74 Å². The van der Waals surface area contributed by atoms with Gasteiger partial charge in [-0.25, -0.2) is 0 Å². The second kappa shape index (κ2) is 11.8. The molecule has 0 aromatic heterocycles. The highest BCUT2D eigenvalue weighted by Gasteiger charge is 2.38. The van der Waals surface area contributed by atoms with E-state index in [0.29, 0.717) is 0 Å². The van der Waals surface area contributed by atoms with Gasteiger partial charge < -0.3 is 9.64 Å². The van der Waals surface area contributed by atoms with Crippen LogP contribution in [0.15, 0.2) is 176 Å². The second-order valence-corrected chi connectivity index (χ2v) is 17.2. The van der Waals surface area contributed by atoms with Crippen molar-refractivity contribution in [2.24, 2.45) is 0 Å². The van der Waals surface area contributed by atoms with Gasteiger partial charge in [0.2, 0.25) is 0 Å². The molecule has 0 amide bonds. The lowest BCUT2D eigenvalue weighted by Crippen LogP contribution is -2.16. The molecule has 12 rings (SSSR count). The molecule has 0 fully saturated rings. The third-order valence-corrected chi connectivity index (χ3v) is 13.4. The molecule has 0 radical (unpaired) electrons. The average Bonchev–Trinajstić information content (AvgIpc) is 3.64. The number of nitrogens with zero attached hydrogens (tertiary/aromatic N) is 1. The van der Waals surface area contributed by atoms with Crippen LogP contribution in [0.5, 0.6) is 11.5 Å². The molecular weight excluding hydrogens is 703 g/mol. The number of anilines is 3. The van der Waals surface area contributed by atoms with Crippen molar-refractivity contribution in [3.63, 3.8) is 0 Å². The minimum absolute atomic E-state index is 0.0881. The van der Waals surface area contributed by atoms with E-state index in [9.17, 15) is 0 Å². The van der Waals surface area contributed by atoms with Crippen molar-refractivity contribution in [3.8, 4) is 56.0 Å². The Kier molecular flexibility index (Phi) is 6.78. The molecule has 2 heteroatoms. The van der Waals surface area contributed by atoms with E-state index in [1.165, 1.54) is 88.3 Å². The van der Waals surface area contributed by atoms with Crippen LogP contribution in [-0.4, -0.2) is 0 Å². The lowest BCUT2D eigenvalue weighted by atomic mass is 9.80. The molecule has 0 bridgehead atoms. The first-order chi connectivity index (χ1) is 28.3. The molecule has 276 valence electrons. The van der Waals surface area contributed by atoms with Gasteiger partial charge in [-0.05, 0) is 114 Å². The van der Waals surface area contributed by atoms with Gasteiger partial charge in [-0.3, -0.25) is 0 Å². The molecular formula is C56H41NO. The Balaban J connectivity index is 1.20. The predicted molar refractivity (Wildman–Crippen MR) is 242 cm³/mol. The number of benzene rings is 9. The summed E-state index contributed by atoms with van der Waals surface area (Å²) < 4.78 is 6.56. The van der Waals surface area contributed by atoms with E-state index in [0.717, 1.165) is 28.6 Å². The molecule has 9 aromatic rings. The Morgan fingerprint density at radius 3 is 1.64 bits per heavy atom. The van der Waals surface area contributed by atoms with Crippen molar-refractivity contribution in [1.82, 2.24) is 0 Å². The van der Waals surface area contributed by atoms with Crippen molar-refractivity contribution in [2.45, 2.75) is 38.5 Å². The maximum Gasteiger partial charge on any atom is 0.151 e. The predicted octanol–water partition coefficient (Wildman–Crippen LogP) is 15.5. The van der Waals surface area contributed by atoms with Gasteiger partial charge in [-0.1, -0.05) is 167 Å². The average molecular weight is 744 g/mol. The zero-order valence-corrected chi connectivity index (χ0v) is 33.1. The van der Waals surface area contributed by atoms with Crippen LogP contribution in [0.1, 0.15) is 49.9 Å². The second-order valence-electron chi connectivity index (χ2n) is 17.2. The quantitative estimate of drug-likeness (QED) is 0.167. The molecule has 0 N–H and O–H groups in total. The summed E-state index contributed by atoms with van der Waals surface area (Å²) in [4.78, 5) is 2.44. The van der Waals surface area contributed by atoms with Crippen LogP contribution in [0.2, 0.25) is 0 Å². The van der Waals surface area contributed by atoms with Crippen LogP contribution in [0.4, 0.5) is 17.1 Å². The lowest BCUT2D eigenvalue weighted by Gasteiger charge is -2.35. The summed E-state index contributed by atoms with van der Waals surface area (Å²) in [6, 6.07) is 65.1. The van der Waals surface area contributed by atoms with E-state index in [4.69, 9.17) is 4.74 Å². The summed E-state index contributed by atoms with van der Waals surface area (Å²) in [6.07, 6.45) is 0. The van der Waals surface area contributed by atoms with E-state index in [1.54, 1.807) is 0 Å². The largest absolute Gasteiger partial charge is 0.453 e. The minimum atomic E-state index is -0.116. The van der Waals surface area contributed by atoms with Crippen LogP contribution in [0.3, 0.4) is 0 Å². The molecule has 0 saturated carbocycles. The smallest absolute Gasteiger partial charge is 0.151 e. The summed E-state index contributed by atoms with van der Waals surface area (Å²) in [7, 11) is 0. The summed E-state index contributed by atoms with van der Waals surface area (Å²) in [5.41, 5.74) is 18.9. The highest BCUT2D eigenvalue weighted by atomic mass is 16.5. The SMILES string of the molecule is CC1(C)c2ccccc2-c2ccc(-c3ccc4c(N5c6ccccc6Oc6ccccc65)c5ccccc5c(-c5cccc6c5-c5ccccc5C6(C)C)c4c3)cc21. The maximum atomic E-state index is 6.56. The number of rotatable bonds is 3. The molecule has 9 aromatic carbocycles. The van der Waals surface area contributed by atoms with E-state index >= 15 is 0 Å². The fourth-order valence-electron chi connectivity index (χ4n) is 10.7. The third-order valence-electron chi connectivity index (χ3n) is 13.4. The third kappa shape index (κ3) is 4.43. The standard InChI is InChI=1S/C56H41NO/c1-55(2)45-22-10-8-19-41(45)53-42(20-15-23-46(53)55)52-38-17-5-6-18-39(38)54(57-48-24-11-13-26-50(48)58-51-27-14-12-25-49(51)57)40-31-29-34(32-43(40)52)35-28-30-37-36-16-7-9-21-44(36)56(3,4)47(37)33-35/h5-33H,1-4H3. The normalized spacial score (nSPS) is 14.9. The van der Waals surface area contributed by atoms with Crippen LogP contribution >= 0.6 is 0 Å². The van der Waals surface area contributed by atoms with Gasteiger partial charge >= 0.3 is 0 Å². The van der Waals surface area contributed by atoms with E-state index in [1.807, 2.05) is 0 Å². The molecule has 2 aliphatic carbocycles. The number of para-hydroxylation sites is 4. The Morgan fingerprint density at radius 1 is 0.362 bits per heavy atom. The molecule has 0 spiro atoms. The van der Waals surface area contributed by atoms with Gasteiger partial charge in [0, 0.05) is 21.6 Å². The van der Waals surface area contributed by atoms with Gasteiger partial charge in [-0.15, -0.1) is 0 Å². The summed E-state index contributed by atoms with van der Waals surface area (Å²) >= 11 is 0. The van der Waals surface area contributed by atoms with Gasteiger partial charge in [-0.2, -0.15) is 0 Å². The monoisotopic (exact) mass is 743 g/mol. The minimum Gasteiger partial charge on any atom is -0.453 e. The van der Waals surface area contributed by atoms with Gasteiger partial charge in [0.05, 0.1) is 17.1 Å². The topological polar surface area (TPSA) is 12.5 Å². The number of hydrogen-bond acceptors (Lipinski definition) is 2. The number of ether oxygens (including phenoxy) is 1. The molecule has 1 heterocycles. The number of fused-ring (bicyclic) bond motifs is 10. The first kappa shape index (κ1) is 33.3. The first-order valence-electron chi connectivity index (χ1n) is 20.4. The van der Waals surface area contributed by atoms with Crippen LogP contribution in [-0.2, 0) is 10.8 Å². The Morgan fingerprint density at radius 2 is 0.879 bits per heavy atom. The van der Waals surface area contributed by atoms with Crippen LogP contribution in [0, 0.1) is 0 Å². The highest BCUT2D eigenvalue weighted by Crippen LogP contribution is 2.58. The number of hydrogen-bond donors (Lipinski definition) is 0. The molecule has 0 saturated heterocycles. The van der Waals surface area contributed by atoms with E-state index in [2.05, 4.69) is 209 Å². The van der Waals surface area contributed by atoms with Crippen molar-refractivity contribution >= 4 is 38.6 Å². The van der Waals surface area contributed by atoms with Gasteiger partial charge in [0.1, 0.15) is 0 Å². The van der Waals surface area contributed by atoms with E-state index in [-0.39, 0.29) is 10.8 Å². The Bertz CT molecular complexity index is 3170. The molecule has 58 heavy (non-hydrogen) atoms. The molecule has 0 unspecified atom stereocenters. The molecule has 2 nitrogen and oxygen atoms in total. The first-order valence-corrected chi connectivity index (χ1v) is 20.4.